The van der Waals surface area contributed by atoms with Crippen LogP contribution in [0.25, 0.3) is 0 Å². The molecule has 80 valence electrons. The van der Waals surface area contributed by atoms with Crippen LogP contribution in [0, 0.1) is 18.2 Å². The summed E-state index contributed by atoms with van der Waals surface area (Å²) in [4.78, 5) is 0. The normalized spacial score (nSPS) is 12.1. The van der Waals surface area contributed by atoms with Gasteiger partial charge in [0, 0.05) is 6.04 Å². The first kappa shape index (κ1) is 11.7. The summed E-state index contributed by atoms with van der Waals surface area (Å²) in [7, 11) is 0. The summed E-state index contributed by atoms with van der Waals surface area (Å²) >= 11 is 0. The number of aryl methyl sites for hydroxylation is 1. The maximum absolute atomic E-state index is 12.6. The van der Waals surface area contributed by atoms with E-state index in [1.807, 2.05) is 12.1 Å². The predicted molar refractivity (Wildman–Crippen MR) is 61.0 cm³/mol. The van der Waals surface area contributed by atoms with E-state index >= 15 is 0 Å². The minimum absolute atomic E-state index is 0.183. The van der Waals surface area contributed by atoms with Crippen molar-refractivity contribution in [2.45, 2.75) is 25.8 Å². The van der Waals surface area contributed by atoms with Crippen molar-refractivity contribution in [1.82, 2.24) is 5.32 Å². The van der Waals surface area contributed by atoms with E-state index in [4.69, 9.17) is 6.42 Å². The van der Waals surface area contributed by atoms with Crippen molar-refractivity contribution in [3.63, 3.8) is 0 Å². The molecule has 0 heterocycles. The fourth-order valence-corrected chi connectivity index (χ4v) is 1.37. The smallest absolute Gasteiger partial charge is 0.123 e. The molecule has 0 amide bonds. The molecule has 1 aromatic carbocycles. The zero-order valence-corrected chi connectivity index (χ0v) is 8.96. The first-order valence-electron chi connectivity index (χ1n) is 5.13. The summed E-state index contributed by atoms with van der Waals surface area (Å²) in [5.41, 5.74) is 1.16. The van der Waals surface area contributed by atoms with Gasteiger partial charge < -0.3 is 5.32 Å². The van der Waals surface area contributed by atoms with Gasteiger partial charge >= 0.3 is 0 Å². The number of rotatable bonds is 5. The van der Waals surface area contributed by atoms with Gasteiger partial charge in [0.25, 0.3) is 0 Å². The van der Waals surface area contributed by atoms with Crippen LogP contribution >= 0.6 is 0 Å². The molecule has 0 aliphatic heterocycles. The van der Waals surface area contributed by atoms with Crippen LogP contribution in [0.2, 0.25) is 0 Å². The van der Waals surface area contributed by atoms with Gasteiger partial charge in [-0.2, -0.15) is 0 Å². The highest BCUT2D eigenvalue weighted by molar-refractivity contribution is 5.16. The first-order valence-corrected chi connectivity index (χ1v) is 5.13. The molecule has 0 aliphatic rings. The monoisotopic (exact) mass is 205 g/mol. The van der Waals surface area contributed by atoms with Gasteiger partial charge in [-0.1, -0.05) is 18.1 Å². The SMILES string of the molecule is C#CCNC(C)CCc1ccc(F)cc1. The topological polar surface area (TPSA) is 12.0 Å². The van der Waals surface area contributed by atoms with Gasteiger partial charge in [0.15, 0.2) is 0 Å². The lowest BCUT2D eigenvalue weighted by molar-refractivity contribution is 0.546. The van der Waals surface area contributed by atoms with Crippen molar-refractivity contribution in [3.8, 4) is 12.3 Å². The van der Waals surface area contributed by atoms with Gasteiger partial charge in [0.05, 0.1) is 6.54 Å². The van der Waals surface area contributed by atoms with E-state index in [1.165, 1.54) is 12.1 Å². The Kier molecular flexibility index (Phi) is 4.86. The second-order valence-corrected chi connectivity index (χ2v) is 3.65. The summed E-state index contributed by atoms with van der Waals surface area (Å²) in [6.45, 7) is 2.70. The van der Waals surface area contributed by atoms with E-state index in [1.54, 1.807) is 0 Å². The number of hydrogen-bond donors (Lipinski definition) is 1. The summed E-state index contributed by atoms with van der Waals surface area (Å²) in [5.74, 6) is 2.36. The molecule has 2 heteroatoms. The predicted octanol–water partition coefficient (Wildman–Crippen LogP) is 2.37. The molecule has 0 bridgehead atoms. The van der Waals surface area contributed by atoms with E-state index in [0.717, 1.165) is 18.4 Å². The highest BCUT2D eigenvalue weighted by Crippen LogP contribution is 2.06. The van der Waals surface area contributed by atoms with Gasteiger partial charge in [-0.25, -0.2) is 4.39 Å². The molecule has 1 N–H and O–H groups in total. The molecular formula is C13H16FN. The Bertz CT molecular complexity index is 323. The third-order valence-corrected chi connectivity index (χ3v) is 2.33. The summed E-state index contributed by atoms with van der Waals surface area (Å²) in [6, 6.07) is 7.03. The van der Waals surface area contributed by atoms with Gasteiger partial charge in [-0.3, -0.25) is 0 Å². The highest BCUT2D eigenvalue weighted by Gasteiger charge is 2.00. The van der Waals surface area contributed by atoms with Crippen LogP contribution in [-0.4, -0.2) is 12.6 Å². The van der Waals surface area contributed by atoms with E-state index in [2.05, 4.69) is 18.2 Å². The van der Waals surface area contributed by atoms with Crippen LogP contribution in [0.1, 0.15) is 18.9 Å². The molecule has 0 saturated heterocycles. The zero-order valence-electron chi connectivity index (χ0n) is 8.96. The summed E-state index contributed by atoms with van der Waals surface area (Å²) < 4.78 is 12.6. The second-order valence-electron chi connectivity index (χ2n) is 3.65. The number of terminal acetylenes is 1. The molecule has 1 atom stereocenters. The molecule has 0 aromatic heterocycles. The van der Waals surface area contributed by atoms with E-state index in [0.29, 0.717) is 12.6 Å². The molecule has 0 fully saturated rings. The van der Waals surface area contributed by atoms with E-state index < -0.39 is 0 Å². The molecule has 0 spiro atoms. The fourth-order valence-electron chi connectivity index (χ4n) is 1.37. The zero-order chi connectivity index (χ0) is 11.1. The average molecular weight is 205 g/mol. The lowest BCUT2D eigenvalue weighted by Crippen LogP contribution is -2.26. The Morgan fingerprint density at radius 2 is 2.07 bits per heavy atom. The Balaban J connectivity index is 2.31. The van der Waals surface area contributed by atoms with Crippen molar-refractivity contribution < 1.29 is 4.39 Å². The van der Waals surface area contributed by atoms with Crippen molar-refractivity contribution >= 4 is 0 Å². The number of hydrogen-bond acceptors (Lipinski definition) is 1. The summed E-state index contributed by atoms with van der Waals surface area (Å²) in [6.07, 6.45) is 7.10. The van der Waals surface area contributed by atoms with E-state index in [-0.39, 0.29) is 5.82 Å². The summed E-state index contributed by atoms with van der Waals surface area (Å²) in [5, 5.41) is 3.20. The molecule has 15 heavy (non-hydrogen) atoms. The van der Waals surface area contributed by atoms with E-state index in [9.17, 15) is 4.39 Å². The number of nitrogens with one attached hydrogen (secondary N) is 1. The Labute approximate surface area is 90.7 Å². The fraction of sp³-hybridized carbons (Fsp3) is 0.385. The molecular weight excluding hydrogens is 189 g/mol. The van der Waals surface area contributed by atoms with Crippen LogP contribution in [0.4, 0.5) is 4.39 Å². The van der Waals surface area contributed by atoms with Crippen LogP contribution in [0.15, 0.2) is 24.3 Å². The number of benzene rings is 1. The molecule has 1 unspecified atom stereocenters. The lowest BCUT2D eigenvalue weighted by atomic mass is 10.1. The lowest BCUT2D eigenvalue weighted by Gasteiger charge is -2.11. The van der Waals surface area contributed by atoms with Crippen LogP contribution in [0.3, 0.4) is 0 Å². The minimum Gasteiger partial charge on any atom is -0.304 e. The average Bonchev–Trinajstić information content (AvgIpc) is 2.25. The highest BCUT2D eigenvalue weighted by atomic mass is 19.1. The quantitative estimate of drug-likeness (QED) is 0.728. The van der Waals surface area contributed by atoms with Gasteiger partial charge in [-0.05, 0) is 37.5 Å². The minimum atomic E-state index is -0.183. The standard InChI is InChI=1S/C13H16FN/c1-3-10-15-11(2)4-5-12-6-8-13(14)9-7-12/h1,6-9,11,15H,4-5,10H2,2H3. The maximum atomic E-state index is 12.6. The first-order chi connectivity index (χ1) is 7.22. The van der Waals surface area contributed by atoms with Crippen molar-refractivity contribution in [3.05, 3.63) is 35.6 Å². The van der Waals surface area contributed by atoms with Crippen molar-refractivity contribution in [1.29, 1.82) is 0 Å². The third kappa shape index (κ3) is 4.62. The van der Waals surface area contributed by atoms with Gasteiger partial charge in [-0.15, -0.1) is 6.42 Å². The van der Waals surface area contributed by atoms with Crippen LogP contribution in [0.5, 0.6) is 0 Å². The Morgan fingerprint density at radius 3 is 2.67 bits per heavy atom. The van der Waals surface area contributed by atoms with Crippen molar-refractivity contribution in [2.24, 2.45) is 0 Å². The Morgan fingerprint density at radius 1 is 1.40 bits per heavy atom. The third-order valence-electron chi connectivity index (χ3n) is 2.33. The molecule has 1 aromatic rings. The van der Waals surface area contributed by atoms with Crippen LogP contribution < -0.4 is 5.32 Å². The molecule has 1 rings (SSSR count). The molecule has 0 aliphatic carbocycles. The maximum Gasteiger partial charge on any atom is 0.123 e. The van der Waals surface area contributed by atoms with Crippen molar-refractivity contribution in [2.75, 3.05) is 6.54 Å². The van der Waals surface area contributed by atoms with Gasteiger partial charge in [0.2, 0.25) is 0 Å². The largest absolute Gasteiger partial charge is 0.304 e. The molecule has 0 radical (unpaired) electrons. The van der Waals surface area contributed by atoms with Crippen LogP contribution in [-0.2, 0) is 6.42 Å². The van der Waals surface area contributed by atoms with Gasteiger partial charge in [0.1, 0.15) is 5.82 Å². The second kappa shape index (κ2) is 6.21. The molecule has 1 nitrogen and oxygen atoms in total. The Hall–Kier alpha value is -1.33. The molecule has 0 saturated carbocycles. The number of halogens is 1.